The van der Waals surface area contributed by atoms with Crippen LogP contribution >= 0.6 is 15.9 Å². The Balaban J connectivity index is 2.20. The van der Waals surface area contributed by atoms with Crippen LogP contribution in [0.1, 0.15) is 37.7 Å². The first-order chi connectivity index (χ1) is 9.44. The quantitative estimate of drug-likeness (QED) is 0.825. The molecule has 0 unspecified atom stereocenters. The van der Waals surface area contributed by atoms with Gasteiger partial charge in [0.25, 0.3) is 0 Å². The number of nitrogens with zero attached hydrogens (tertiary/aromatic N) is 1. The summed E-state index contributed by atoms with van der Waals surface area (Å²) in [5.74, 6) is -0.0931. The Morgan fingerprint density at radius 3 is 2.45 bits per heavy atom. The van der Waals surface area contributed by atoms with Gasteiger partial charge in [-0.05, 0) is 50.7 Å². The van der Waals surface area contributed by atoms with Crippen molar-refractivity contribution in [2.75, 3.05) is 14.1 Å². The van der Waals surface area contributed by atoms with Gasteiger partial charge in [-0.15, -0.1) is 0 Å². The normalized spacial score (nSPS) is 18.2. The van der Waals surface area contributed by atoms with Gasteiger partial charge in [0.1, 0.15) is 5.82 Å². The van der Waals surface area contributed by atoms with Gasteiger partial charge in [0.15, 0.2) is 5.78 Å². The van der Waals surface area contributed by atoms with Gasteiger partial charge in [-0.2, -0.15) is 0 Å². The number of hydrogen-bond donors (Lipinski definition) is 0. The van der Waals surface area contributed by atoms with Gasteiger partial charge < -0.3 is 0 Å². The van der Waals surface area contributed by atoms with Crippen molar-refractivity contribution in [3.8, 4) is 0 Å². The molecule has 2 rings (SSSR count). The number of ketones is 1. The van der Waals surface area contributed by atoms with Crippen molar-refractivity contribution in [2.45, 2.75) is 44.1 Å². The molecule has 0 aliphatic heterocycles. The van der Waals surface area contributed by atoms with Gasteiger partial charge in [0, 0.05) is 10.9 Å². The van der Waals surface area contributed by atoms with Gasteiger partial charge in [-0.3, -0.25) is 9.69 Å². The molecule has 0 spiro atoms. The number of likely N-dealkylation sites (N-methyl/N-ethyl adjacent to an activating group) is 1. The number of hydrogen-bond acceptors (Lipinski definition) is 2. The van der Waals surface area contributed by atoms with E-state index in [2.05, 4.69) is 20.8 Å². The van der Waals surface area contributed by atoms with Crippen molar-refractivity contribution in [1.82, 2.24) is 4.90 Å². The van der Waals surface area contributed by atoms with Crippen LogP contribution in [0.25, 0.3) is 0 Å². The lowest BCUT2D eigenvalue weighted by atomic mass is 9.76. The van der Waals surface area contributed by atoms with Crippen molar-refractivity contribution in [2.24, 2.45) is 0 Å². The summed E-state index contributed by atoms with van der Waals surface area (Å²) in [6.45, 7) is 0. The second-order valence-electron chi connectivity index (χ2n) is 5.86. The molecule has 110 valence electrons. The standard InChI is InChI=1S/C16H21BrFNO/c1-19(2)16(6-4-3-5-7-16)15(20)10-12-8-13(17)11-14(18)9-12/h8-9,11H,3-7,10H2,1-2H3. The van der Waals surface area contributed by atoms with E-state index in [1.807, 2.05) is 20.2 Å². The summed E-state index contributed by atoms with van der Waals surface area (Å²) in [7, 11) is 3.95. The molecule has 1 aliphatic rings. The third-order valence-electron chi connectivity index (χ3n) is 4.34. The molecule has 0 radical (unpaired) electrons. The lowest BCUT2D eigenvalue weighted by Crippen LogP contribution is -2.53. The highest BCUT2D eigenvalue weighted by Crippen LogP contribution is 2.34. The van der Waals surface area contributed by atoms with Crippen molar-refractivity contribution in [1.29, 1.82) is 0 Å². The lowest BCUT2D eigenvalue weighted by molar-refractivity contribution is -0.131. The monoisotopic (exact) mass is 341 g/mol. The Kier molecular flexibility index (Phi) is 4.97. The van der Waals surface area contributed by atoms with E-state index in [0.717, 1.165) is 31.2 Å². The SMILES string of the molecule is CN(C)C1(C(=O)Cc2cc(F)cc(Br)c2)CCCCC1. The highest BCUT2D eigenvalue weighted by atomic mass is 79.9. The molecule has 1 fully saturated rings. The van der Waals surface area contributed by atoms with E-state index < -0.39 is 0 Å². The summed E-state index contributed by atoms with van der Waals surface area (Å²) >= 11 is 3.28. The van der Waals surface area contributed by atoms with Crippen LogP contribution in [-0.2, 0) is 11.2 Å². The molecule has 0 aromatic heterocycles. The van der Waals surface area contributed by atoms with Crippen LogP contribution in [0.2, 0.25) is 0 Å². The molecule has 1 aromatic rings. The number of rotatable bonds is 4. The largest absolute Gasteiger partial charge is 0.297 e. The van der Waals surface area contributed by atoms with Gasteiger partial charge in [-0.25, -0.2) is 4.39 Å². The van der Waals surface area contributed by atoms with Crippen molar-refractivity contribution in [3.05, 3.63) is 34.1 Å². The van der Waals surface area contributed by atoms with E-state index in [4.69, 9.17) is 0 Å². The number of benzene rings is 1. The van der Waals surface area contributed by atoms with Crippen molar-refractivity contribution < 1.29 is 9.18 Å². The fourth-order valence-corrected chi connectivity index (χ4v) is 3.69. The summed E-state index contributed by atoms with van der Waals surface area (Å²) in [5.41, 5.74) is 0.380. The third kappa shape index (κ3) is 3.29. The van der Waals surface area contributed by atoms with Crippen LogP contribution in [0.5, 0.6) is 0 Å². The predicted octanol–water partition coefficient (Wildman–Crippen LogP) is 3.96. The smallest absolute Gasteiger partial charge is 0.157 e. The maximum atomic E-state index is 13.4. The second-order valence-corrected chi connectivity index (χ2v) is 6.78. The summed E-state index contributed by atoms with van der Waals surface area (Å²) in [5, 5.41) is 0. The van der Waals surface area contributed by atoms with E-state index in [-0.39, 0.29) is 17.1 Å². The molecule has 1 aliphatic carbocycles. The molecule has 20 heavy (non-hydrogen) atoms. The van der Waals surface area contributed by atoms with Crippen molar-refractivity contribution >= 4 is 21.7 Å². The summed E-state index contributed by atoms with van der Waals surface area (Å²) < 4.78 is 14.1. The van der Waals surface area contributed by atoms with Crippen LogP contribution in [0, 0.1) is 5.82 Å². The Hall–Kier alpha value is -0.740. The molecule has 0 saturated heterocycles. The Labute approximate surface area is 128 Å². The Morgan fingerprint density at radius 2 is 1.90 bits per heavy atom. The first-order valence-electron chi connectivity index (χ1n) is 7.10. The fourth-order valence-electron chi connectivity index (χ4n) is 3.18. The van der Waals surface area contributed by atoms with Crippen LogP contribution in [0.15, 0.2) is 22.7 Å². The highest BCUT2D eigenvalue weighted by molar-refractivity contribution is 9.10. The lowest BCUT2D eigenvalue weighted by Gasteiger charge is -2.41. The molecule has 0 bridgehead atoms. The highest BCUT2D eigenvalue weighted by Gasteiger charge is 2.40. The zero-order chi connectivity index (χ0) is 14.8. The fraction of sp³-hybridized carbons (Fsp3) is 0.562. The van der Waals surface area contributed by atoms with Gasteiger partial charge >= 0.3 is 0 Å². The van der Waals surface area contributed by atoms with Gasteiger partial charge in [0.05, 0.1) is 5.54 Å². The minimum absolute atomic E-state index is 0.208. The average Bonchev–Trinajstić information content (AvgIpc) is 2.38. The molecule has 0 heterocycles. The molecule has 1 aromatic carbocycles. The summed E-state index contributed by atoms with van der Waals surface area (Å²) in [6, 6.07) is 4.69. The first-order valence-corrected chi connectivity index (χ1v) is 7.89. The van der Waals surface area contributed by atoms with Crippen molar-refractivity contribution in [3.63, 3.8) is 0 Å². The number of Topliss-reactive ketones (excluding diaryl/α,β-unsaturated/α-hetero) is 1. The predicted molar refractivity (Wildman–Crippen MR) is 82.3 cm³/mol. The minimum Gasteiger partial charge on any atom is -0.297 e. The minimum atomic E-state index is -0.364. The molecular weight excluding hydrogens is 321 g/mol. The molecule has 4 heteroatoms. The van der Waals surface area contributed by atoms with E-state index in [1.165, 1.54) is 18.6 Å². The molecular formula is C16H21BrFNO. The van der Waals surface area contributed by atoms with Crippen LogP contribution in [0.4, 0.5) is 4.39 Å². The molecule has 0 atom stereocenters. The molecule has 1 saturated carbocycles. The number of carbonyl (C=O) groups is 1. The van der Waals surface area contributed by atoms with Crippen LogP contribution in [-0.4, -0.2) is 30.3 Å². The van der Waals surface area contributed by atoms with E-state index >= 15 is 0 Å². The maximum absolute atomic E-state index is 13.4. The van der Waals surface area contributed by atoms with E-state index in [0.29, 0.717) is 10.9 Å². The molecule has 0 amide bonds. The average molecular weight is 342 g/mol. The summed E-state index contributed by atoms with van der Waals surface area (Å²) in [6.07, 6.45) is 5.51. The second kappa shape index (κ2) is 6.35. The summed E-state index contributed by atoms with van der Waals surface area (Å²) in [4.78, 5) is 14.8. The van der Waals surface area contributed by atoms with Crippen LogP contribution < -0.4 is 0 Å². The number of carbonyl (C=O) groups excluding carboxylic acids is 1. The zero-order valence-electron chi connectivity index (χ0n) is 12.1. The number of halogens is 2. The van der Waals surface area contributed by atoms with Gasteiger partial charge in [0.2, 0.25) is 0 Å². The Morgan fingerprint density at radius 1 is 1.25 bits per heavy atom. The zero-order valence-corrected chi connectivity index (χ0v) is 13.7. The van der Waals surface area contributed by atoms with E-state index in [1.54, 1.807) is 0 Å². The molecule has 2 nitrogen and oxygen atoms in total. The van der Waals surface area contributed by atoms with E-state index in [9.17, 15) is 9.18 Å². The molecule has 0 N–H and O–H groups in total. The Bertz CT molecular complexity index is 475. The maximum Gasteiger partial charge on any atom is 0.157 e. The van der Waals surface area contributed by atoms with Crippen LogP contribution in [0.3, 0.4) is 0 Å². The topological polar surface area (TPSA) is 20.3 Å². The van der Waals surface area contributed by atoms with Gasteiger partial charge in [-0.1, -0.05) is 35.2 Å². The third-order valence-corrected chi connectivity index (χ3v) is 4.80. The first kappa shape index (κ1) is 15.6.